The molecule has 8 nitrogen and oxygen atoms in total. The normalized spacial score (nSPS) is 25.3. The van der Waals surface area contributed by atoms with E-state index in [2.05, 4.69) is 43.2 Å². The van der Waals surface area contributed by atoms with Crippen molar-refractivity contribution >= 4 is 17.4 Å². The Hall–Kier alpha value is -3.23. The summed E-state index contributed by atoms with van der Waals surface area (Å²) in [7, 11) is 1.61. The minimum absolute atomic E-state index is 0.0288. The minimum Gasteiger partial charge on any atom is -0.481 e. The van der Waals surface area contributed by atoms with E-state index in [0.717, 1.165) is 54.4 Å². The van der Waals surface area contributed by atoms with Gasteiger partial charge in [-0.1, -0.05) is 76.4 Å². The van der Waals surface area contributed by atoms with E-state index in [9.17, 15) is 14.7 Å². The van der Waals surface area contributed by atoms with E-state index in [-0.39, 0.29) is 23.8 Å². The van der Waals surface area contributed by atoms with E-state index in [4.69, 9.17) is 9.47 Å². The molecule has 0 bridgehead atoms. The number of nitrogens with zero attached hydrogens (tertiary/aromatic N) is 2. The highest BCUT2D eigenvalue weighted by molar-refractivity contribution is 5.87. The number of carbonyl (C=O) groups is 2. The van der Waals surface area contributed by atoms with Gasteiger partial charge in [-0.15, -0.1) is 0 Å². The Morgan fingerprint density at radius 1 is 1.15 bits per heavy atom. The van der Waals surface area contributed by atoms with E-state index in [1.165, 1.54) is 0 Å². The molecular formula is C33H43N3O5. The van der Waals surface area contributed by atoms with Crippen LogP contribution in [0.1, 0.15) is 75.6 Å². The number of carboxylic acids is 1. The maximum Gasteiger partial charge on any atom is 0.326 e. The van der Waals surface area contributed by atoms with Gasteiger partial charge in [0.25, 0.3) is 0 Å². The van der Waals surface area contributed by atoms with Gasteiger partial charge in [0.15, 0.2) is 0 Å². The Bertz CT molecular complexity index is 1270. The zero-order valence-electron chi connectivity index (χ0n) is 24.6. The number of aromatic nitrogens is 1. The maximum absolute atomic E-state index is 14.3. The third-order valence-electron chi connectivity index (χ3n) is 8.99. The van der Waals surface area contributed by atoms with Crippen molar-refractivity contribution < 1.29 is 24.2 Å². The highest BCUT2D eigenvalue weighted by Gasteiger charge is 2.58. The number of benzene rings is 1. The zero-order valence-corrected chi connectivity index (χ0v) is 24.6. The van der Waals surface area contributed by atoms with Crippen LogP contribution >= 0.6 is 0 Å². The number of amides is 1. The standard InChI is InChI=1S/C33H43N3O5/c1-33(2,3)26-27(34-19-25-17-24(18-35-30(25)40-4)23-15-16-41-20-23)28(21-11-7-5-8-12-21)36(29(26)32(38)39)31(37)22-13-9-6-10-14-22/h5,7-8,11-12,15,17-18,22,26-29,34H,6,9-10,13-14,16,19-20H2,1-4H3,(H,38,39)/t26-,27-,28-,29-/m0/s1. The number of pyridine rings is 1. The van der Waals surface area contributed by atoms with Crippen LogP contribution in [0.5, 0.6) is 5.88 Å². The van der Waals surface area contributed by atoms with E-state index < -0.39 is 23.5 Å². The number of rotatable bonds is 8. The van der Waals surface area contributed by atoms with Gasteiger partial charge < -0.3 is 24.8 Å². The quantitative estimate of drug-likeness (QED) is 0.455. The van der Waals surface area contributed by atoms with Crippen molar-refractivity contribution in [1.29, 1.82) is 0 Å². The second-order valence-corrected chi connectivity index (χ2v) is 12.7. The second kappa shape index (κ2) is 12.3. The molecule has 220 valence electrons. The topological polar surface area (TPSA) is 101 Å². The van der Waals surface area contributed by atoms with Crippen LogP contribution in [0.15, 0.2) is 48.7 Å². The number of hydrogen-bond acceptors (Lipinski definition) is 6. The van der Waals surface area contributed by atoms with Gasteiger partial charge in [-0.05, 0) is 41.0 Å². The van der Waals surface area contributed by atoms with Crippen LogP contribution in [0.4, 0.5) is 0 Å². The van der Waals surface area contributed by atoms with E-state index in [0.29, 0.717) is 25.6 Å². The van der Waals surface area contributed by atoms with Crippen LogP contribution in [-0.4, -0.2) is 59.3 Å². The van der Waals surface area contributed by atoms with Crippen molar-refractivity contribution in [3.63, 3.8) is 0 Å². The lowest BCUT2D eigenvalue weighted by Crippen LogP contribution is -2.49. The lowest BCUT2D eigenvalue weighted by molar-refractivity contribution is -0.154. The average Bonchev–Trinajstić information content (AvgIpc) is 3.63. The van der Waals surface area contributed by atoms with E-state index in [1.807, 2.05) is 30.3 Å². The summed E-state index contributed by atoms with van der Waals surface area (Å²) in [5, 5.41) is 14.4. The molecule has 0 radical (unpaired) electrons. The van der Waals surface area contributed by atoms with Crippen molar-refractivity contribution in [2.75, 3.05) is 20.3 Å². The Morgan fingerprint density at radius 2 is 1.88 bits per heavy atom. The number of carbonyl (C=O) groups excluding carboxylic acids is 1. The fraction of sp³-hybridized carbons (Fsp3) is 0.545. The van der Waals surface area contributed by atoms with Crippen LogP contribution < -0.4 is 10.1 Å². The monoisotopic (exact) mass is 561 g/mol. The Labute approximate surface area is 243 Å². The molecule has 8 heteroatoms. The molecule has 5 rings (SSSR count). The highest BCUT2D eigenvalue weighted by Crippen LogP contribution is 2.49. The van der Waals surface area contributed by atoms with Gasteiger partial charge in [-0.3, -0.25) is 4.79 Å². The van der Waals surface area contributed by atoms with Gasteiger partial charge in [0.2, 0.25) is 11.8 Å². The average molecular weight is 562 g/mol. The summed E-state index contributed by atoms with van der Waals surface area (Å²) >= 11 is 0. The molecular weight excluding hydrogens is 518 g/mol. The van der Waals surface area contributed by atoms with Gasteiger partial charge >= 0.3 is 5.97 Å². The van der Waals surface area contributed by atoms with Crippen LogP contribution in [0, 0.1) is 17.3 Å². The van der Waals surface area contributed by atoms with Crippen LogP contribution in [0.3, 0.4) is 0 Å². The van der Waals surface area contributed by atoms with Gasteiger partial charge in [-0.25, -0.2) is 9.78 Å². The first-order valence-electron chi connectivity index (χ1n) is 14.8. The molecule has 1 amide bonds. The van der Waals surface area contributed by atoms with Gasteiger partial charge in [0.1, 0.15) is 6.04 Å². The van der Waals surface area contributed by atoms with Gasteiger partial charge in [0.05, 0.1) is 26.4 Å². The highest BCUT2D eigenvalue weighted by atomic mass is 16.5. The lowest BCUT2D eigenvalue weighted by Gasteiger charge is -2.36. The predicted octanol–water partition coefficient (Wildman–Crippen LogP) is 5.24. The summed E-state index contributed by atoms with van der Waals surface area (Å²) in [6.07, 6.45) is 8.63. The van der Waals surface area contributed by atoms with Crippen molar-refractivity contribution in [2.45, 2.75) is 77.5 Å². The van der Waals surface area contributed by atoms with Gasteiger partial charge in [-0.2, -0.15) is 0 Å². The van der Waals surface area contributed by atoms with Crippen molar-refractivity contribution in [2.24, 2.45) is 17.3 Å². The summed E-state index contributed by atoms with van der Waals surface area (Å²) < 4.78 is 11.1. The molecule has 1 aromatic heterocycles. The fourth-order valence-corrected chi connectivity index (χ4v) is 7.09. The lowest BCUT2D eigenvalue weighted by atomic mass is 9.72. The molecule has 1 aromatic carbocycles. The van der Waals surface area contributed by atoms with Gasteiger partial charge in [0, 0.05) is 36.2 Å². The number of carboxylic acid groups (broad SMARTS) is 1. The molecule has 0 unspecified atom stereocenters. The molecule has 0 spiro atoms. The van der Waals surface area contributed by atoms with Crippen molar-refractivity contribution in [1.82, 2.24) is 15.2 Å². The number of ether oxygens (including phenoxy) is 2. The van der Waals surface area contributed by atoms with Crippen molar-refractivity contribution in [3.8, 4) is 5.88 Å². The molecule has 2 aliphatic heterocycles. The molecule has 1 saturated heterocycles. The van der Waals surface area contributed by atoms with Crippen molar-refractivity contribution in [3.05, 3.63) is 65.4 Å². The molecule has 2 N–H and O–H groups in total. The molecule has 41 heavy (non-hydrogen) atoms. The second-order valence-electron chi connectivity index (χ2n) is 12.7. The van der Waals surface area contributed by atoms with Crippen LogP contribution in [0.25, 0.3) is 5.57 Å². The number of hydrogen-bond donors (Lipinski definition) is 2. The largest absolute Gasteiger partial charge is 0.481 e. The Balaban J connectivity index is 1.56. The maximum atomic E-state index is 14.3. The third kappa shape index (κ3) is 6.04. The molecule has 2 aromatic rings. The molecule has 3 aliphatic rings. The predicted molar refractivity (Wildman–Crippen MR) is 157 cm³/mol. The summed E-state index contributed by atoms with van der Waals surface area (Å²) in [4.78, 5) is 33.6. The molecule has 2 fully saturated rings. The van der Waals surface area contributed by atoms with E-state index >= 15 is 0 Å². The number of likely N-dealkylation sites (tertiary alicyclic amines) is 1. The SMILES string of the molecule is COc1ncc(C2=CCOC2)cc1CN[C@H]1[C@H](C(C)(C)C)[C@@H](C(=O)O)N(C(=O)C2CCCCC2)[C@H]1c1ccccc1. The smallest absolute Gasteiger partial charge is 0.326 e. The molecule has 1 aliphatic carbocycles. The zero-order chi connectivity index (χ0) is 29.1. The first kappa shape index (κ1) is 29.3. The first-order chi connectivity index (χ1) is 19.7. The molecule has 4 atom stereocenters. The fourth-order valence-electron chi connectivity index (χ4n) is 7.09. The third-order valence-corrected chi connectivity index (χ3v) is 8.99. The number of methoxy groups -OCH3 is 1. The molecule has 3 heterocycles. The first-order valence-corrected chi connectivity index (χ1v) is 14.8. The summed E-state index contributed by atoms with van der Waals surface area (Å²) in [6, 6.07) is 10.3. The Morgan fingerprint density at radius 3 is 2.49 bits per heavy atom. The van der Waals surface area contributed by atoms with Crippen LogP contribution in [0.2, 0.25) is 0 Å². The van der Waals surface area contributed by atoms with Crippen LogP contribution in [-0.2, 0) is 20.9 Å². The summed E-state index contributed by atoms with van der Waals surface area (Å²) in [5.74, 6) is -0.940. The number of aliphatic carboxylic acids is 1. The molecule has 1 saturated carbocycles. The van der Waals surface area contributed by atoms with E-state index in [1.54, 1.807) is 18.2 Å². The summed E-state index contributed by atoms with van der Waals surface area (Å²) in [5.41, 5.74) is 3.50. The Kier molecular flexibility index (Phi) is 8.80. The minimum atomic E-state index is -0.950. The summed E-state index contributed by atoms with van der Waals surface area (Å²) in [6.45, 7) is 7.78. The number of nitrogens with one attached hydrogen (secondary N) is 1.